The number of oxime groups is 1. The first-order chi connectivity index (χ1) is 12.2. The molecule has 7 heteroatoms. The van der Waals surface area contributed by atoms with E-state index in [1.807, 2.05) is 6.92 Å². The quantitative estimate of drug-likeness (QED) is 0.255. The van der Waals surface area contributed by atoms with Crippen LogP contribution in [0, 0.1) is 6.92 Å². The van der Waals surface area contributed by atoms with Crippen molar-refractivity contribution in [2.75, 3.05) is 0 Å². The van der Waals surface area contributed by atoms with Gasteiger partial charge in [0.25, 0.3) is 0 Å². The van der Waals surface area contributed by atoms with Crippen molar-refractivity contribution < 1.29 is 9.63 Å². The van der Waals surface area contributed by atoms with Gasteiger partial charge in [-0.1, -0.05) is 55.2 Å². The number of carbonyl (C=O) groups excluding carboxylic acids is 1. The number of thiophene rings is 2. The minimum absolute atomic E-state index is 0.0959. The molecule has 1 aromatic carbocycles. The number of hydrogen-bond donors (Lipinski definition) is 0. The van der Waals surface area contributed by atoms with Crippen LogP contribution in [0.15, 0.2) is 29.4 Å². The molecule has 0 saturated heterocycles. The molecule has 0 fully saturated rings. The monoisotopic (exact) mass is 425 g/mol. The second-order valence-corrected chi connectivity index (χ2v) is 9.84. The van der Waals surface area contributed by atoms with Gasteiger partial charge in [-0.3, -0.25) is 0 Å². The highest BCUT2D eigenvalue weighted by atomic mass is 35.5. The maximum absolute atomic E-state index is 12.4. The van der Waals surface area contributed by atoms with Crippen molar-refractivity contribution in [3.63, 3.8) is 0 Å². The molecule has 0 N–H and O–H groups in total. The molecular formula is C19H17Cl2NO2S2. The van der Waals surface area contributed by atoms with E-state index in [1.54, 1.807) is 29.5 Å². The zero-order chi connectivity index (χ0) is 19.1. The molecule has 3 aromatic rings. The second kappa shape index (κ2) is 7.31. The Bertz CT molecular complexity index is 1010. The maximum atomic E-state index is 12.4. The largest absolute Gasteiger partial charge is 0.375 e. The van der Waals surface area contributed by atoms with E-state index in [9.17, 15) is 4.79 Å². The van der Waals surface area contributed by atoms with Crippen LogP contribution in [0.3, 0.4) is 0 Å². The Morgan fingerprint density at radius 2 is 1.92 bits per heavy atom. The highest BCUT2D eigenvalue weighted by Crippen LogP contribution is 2.41. The van der Waals surface area contributed by atoms with E-state index < -0.39 is 5.97 Å². The van der Waals surface area contributed by atoms with Crippen molar-refractivity contribution in [1.82, 2.24) is 0 Å². The Kier molecular flexibility index (Phi) is 5.45. The van der Waals surface area contributed by atoms with Gasteiger partial charge in [-0.05, 0) is 36.1 Å². The summed E-state index contributed by atoms with van der Waals surface area (Å²) in [6.45, 7) is 8.49. The van der Waals surface area contributed by atoms with Crippen LogP contribution < -0.4 is 0 Å². The smallest absolute Gasteiger partial charge is 0.312 e. The maximum Gasteiger partial charge on any atom is 0.375 e. The first-order valence-corrected chi connectivity index (χ1v) is 10.3. The first kappa shape index (κ1) is 19.4. The Morgan fingerprint density at radius 1 is 1.19 bits per heavy atom. The third kappa shape index (κ3) is 3.96. The summed E-state index contributed by atoms with van der Waals surface area (Å²) in [5.74, 6) is -0.463. The molecule has 0 atom stereocenters. The molecule has 0 aliphatic heterocycles. The predicted octanol–water partition coefficient (Wildman–Crippen LogP) is 7.07. The molecule has 0 radical (unpaired) electrons. The molecule has 0 amide bonds. The van der Waals surface area contributed by atoms with Gasteiger partial charge in [0.15, 0.2) is 0 Å². The molecular weight excluding hydrogens is 409 g/mol. The van der Waals surface area contributed by atoms with Crippen LogP contribution >= 0.6 is 45.9 Å². The summed E-state index contributed by atoms with van der Waals surface area (Å²) in [6.07, 6.45) is 1.40. The molecule has 2 heterocycles. The van der Waals surface area contributed by atoms with Gasteiger partial charge in [0.1, 0.15) is 4.88 Å². The van der Waals surface area contributed by atoms with E-state index >= 15 is 0 Å². The van der Waals surface area contributed by atoms with E-state index in [4.69, 9.17) is 28.0 Å². The van der Waals surface area contributed by atoms with E-state index in [2.05, 4.69) is 32.0 Å². The van der Waals surface area contributed by atoms with Gasteiger partial charge in [-0.25, -0.2) is 4.79 Å². The van der Waals surface area contributed by atoms with E-state index in [-0.39, 0.29) is 5.41 Å². The Hall–Kier alpha value is -1.40. The van der Waals surface area contributed by atoms with Crippen LogP contribution in [0.2, 0.25) is 10.0 Å². The zero-order valence-corrected chi connectivity index (χ0v) is 17.9. The van der Waals surface area contributed by atoms with Crippen LogP contribution in [-0.2, 0) is 10.3 Å². The summed E-state index contributed by atoms with van der Waals surface area (Å²) < 4.78 is 2.24. The third-order valence-corrected chi connectivity index (χ3v) is 7.40. The zero-order valence-electron chi connectivity index (χ0n) is 14.7. The lowest BCUT2D eigenvalue weighted by Crippen LogP contribution is -2.07. The topological polar surface area (TPSA) is 38.7 Å². The van der Waals surface area contributed by atoms with Gasteiger partial charge in [-0.2, -0.15) is 0 Å². The Morgan fingerprint density at radius 3 is 2.54 bits per heavy atom. The number of aryl methyl sites for hydroxylation is 1. The number of halogens is 2. The van der Waals surface area contributed by atoms with Gasteiger partial charge in [0.2, 0.25) is 0 Å². The summed E-state index contributed by atoms with van der Waals surface area (Å²) in [7, 11) is 0. The highest BCUT2D eigenvalue weighted by molar-refractivity contribution is 7.29. The average molecular weight is 426 g/mol. The molecule has 0 saturated carbocycles. The van der Waals surface area contributed by atoms with Crippen molar-refractivity contribution in [2.45, 2.75) is 33.1 Å². The van der Waals surface area contributed by atoms with E-state index in [0.717, 1.165) is 15.0 Å². The molecule has 0 bridgehead atoms. The van der Waals surface area contributed by atoms with Crippen LogP contribution in [0.1, 0.15) is 46.4 Å². The number of benzene rings is 1. The minimum atomic E-state index is -0.463. The molecule has 0 spiro atoms. The Labute approximate surface area is 170 Å². The second-order valence-electron chi connectivity index (χ2n) is 6.89. The number of hydrogen-bond acceptors (Lipinski definition) is 5. The third-order valence-electron chi connectivity index (χ3n) is 3.81. The fourth-order valence-electron chi connectivity index (χ4n) is 2.34. The van der Waals surface area contributed by atoms with Crippen LogP contribution in [0.5, 0.6) is 0 Å². The summed E-state index contributed by atoms with van der Waals surface area (Å²) in [4.78, 5) is 19.3. The van der Waals surface area contributed by atoms with E-state index in [1.165, 1.54) is 22.4 Å². The van der Waals surface area contributed by atoms with Gasteiger partial charge in [0, 0.05) is 24.9 Å². The van der Waals surface area contributed by atoms with Crippen LogP contribution in [0.4, 0.5) is 0 Å². The number of fused-ring (bicyclic) bond motifs is 1. The molecule has 3 rings (SSSR count). The minimum Gasteiger partial charge on any atom is -0.312 e. The van der Waals surface area contributed by atoms with Gasteiger partial charge in [0.05, 0.1) is 11.2 Å². The van der Waals surface area contributed by atoms with Crippen molar-refractivity contribution in [2.24, 2.45) is 5.16 Å². The number of nitrogens with zero attached hydrogens (tertiary/aromatic N) is 1. The van der Waals surface area contributed by atoms with Crippen LogP contribution in [-0.4, -0.2) is 12.2 Å². The lowest BCUT2D eigenvalue weighted by Gasteiger charge is -2.15. The molecule has 0 aliphatic rings. The highest BCUT2D eigenvalue weighted by Gasteiger charge is 2.23. The standard InChI is InChI=1S/C19H17Cl2NO2S2/c1-10-16-14(8-15(26-16)19(2,3)4)25-17(10)18(23)24-22-9-11-5-6-12(20)7-13(11)21/h5-9H,1-4H3. The average Bonchev–Trinajstić information content (AvgIpc) is 3.09. The SMILES string of the molecule is Cc1c(C(=O)ON=Cc2ccc(Cl)cc2Cl)sc2cc(C(C)(C)C)sc12. The number of carbonyl (C=O) groups is 1. The molecule has 0 unspecified atom stereocenters. The summed E-state index contributed by atoms with van der Waals surface area (Å²) in [5, 5.41) is 4.75. The Balaban J connectivity index is 1.78. The van der Waals surface area contributed by atoms with Crippen molar-refractivity contribution in [1.29, 1.82) is 0 Å². The predicted molar refractivity (Wildman–Crippen MR) is 113 cm³/mol. The summed E-state index contributed by atoms with van der Waals surface area (Å²) >= 11 is 15.1. The molecule has 136 valence electrons. The summed E-state index contributed by atoms with van der Waals surface area (Å²) in [5.41, 5.74) is 1.66. The lowest BCUT2D eigenvalue weighted by atomic mass is 9.95. The van der Waals surface area contributed by atoms with Crippen molar-refractivity contribution >= 4 is 67.5 Å². The van der Waals surface area contributed by atoms with Crippen LogP contribution in [0.25, 0.3) is 9.40 Å². The van der Waals surface area contributed by atoms with Crippen molar-refractivity contribution in [3.05, 3.63) is 55.2 Å². The number of rotatable bonds is 3. The van der Waals surface area contributed by atoms with Gasteiger partial charge < -0.3 is 4.84 Å². The normalized spacial score (nSPS) is 12.2. The molecule has 0 aliphatic carbocycles. The van der Waals surface area contributed by atoms with Crippen molar-refractivity contribution in [3.8, 4) is 0 Å². The first-order valence-electron chi connectivity index (χ1n) is 7.90. The fraction of sp³-hybridized carbons (Fsp3) is 0.263. The molecule has 26 heavy (non-hydrogen) atoms. The lowest BCUT2D eigenvalue weighted by molar-refractivity contribution is 0.0524. The summed E-state index contributed by atoms with van der Waals surface area (Å²) in [6, 6.07) is 7.17. The van der Waals surface area contributed by atoms with E-state index in [0.29, 0.717) is 20.5 Å². The van der Waals surface area contributed by atoms with Gasteiger partial charge >= 0.3 is 5.97 Å². The molecule has 2 aromatic heterocycles. The van der Waals surface area contributed by atoms with Gasteiger partial charge in [-0.15, -0.1) is 22.7 Å². The molecule has 3 nitrogen and oxygen atoms in total. The fourth-order valence-corrected chi connectivity index (χ4v) is 5.33.